The Morgan fingerprint density at radius 1 is 1.07 bits per heavy atom. The second-order valence-corrected chi connectivity index (χ2v) is 8.24. The Morgan fingerprint density at radius 3 is 2.40 bits per heavy atom. The van der Waals surface area contributed by atoms with Crippen LogP contribution in [0.1, 0.15) is 39.6 Å². The zero-order chi connectivity index (χ0) is 21.1. The number of imide groups is 1. The highest BCUT2D eigenvalue weighted by atomic mass is 35.5. The maximum absolute atomic E-state index is 12.5. The molecular formula is C23H26ClN3O3. The first-order valence-electron chi connectivity index (χ1n) is 10.3. The minimum absolute atomic E-state index is 0.0896. The van der Waals surface area contributed by atoms with Gasteiger partial charge in [-0.2, -0.15) is 0 Å². The lowest BCUT2D eigenvalue weighted by atomic mass is 10.1. The third-order valence-corrected chi connectivity index (χ3v) is 5.99. The number of rotatable bonds is 7. The largest absolute Gasteiger partial charge is 0.383 e. The van der Waals surface area contributed by atoms with E-state index in [-0.39, 0.29) is 17.9 Å². The van der Waals surface area contributed by atoms with Crippen molar-refractivity contribution in [1.29, 1.82) is 0 Å². The molecule has 158 valence electrons. The molecule has 0 saturated carbocycles. The lowest BCUT2D eigenvalue weighted by Crippen LogP contribution is -2.35. The van der Waals surface area contributed by atoms with E-state index in [0.29, 0.717) is 24.1 Å². The highest BCUT2D eigenvalue weighted by Crippen LogP contribution is 2.25. The van der Waals surface area contributed by atoms with Crippen molar-refractivity contribution in [2.75, 3.05) is 38.2 Å². The summed E-state index contributed by atoms with van der Waals surface area (Å²) in [7, 11) is 0. The number of benzene rings is 2. The molecule has 2 aliphatic rings. The summed E-state index contributed by atoms with van der Waals surface area (Å²) in [6, 6.07) is 13.0. The summed E-state index contributed by atoms with van der Waals surface area (Å²) in [5.41, 5.74) is 3.05. The van der Waals surface area contributed by atoms with Crippen molar-refractivity contribution in [3.05, 3.63) is 64.2 Å². The number of nitrogens with zero attached hydrogens (tertiary/aromatic N) is 2. The van der Waals surface area contributed by atoms with Gasteiger partial charge >= 0.3 is 0 Å². The van der Waals surface area contributed by atoms with Gasteiger partial charge in [0.15, 0.2) is 0 Å². The van der Waals surface area contributed by atoms with E-state index in [1.807, 2.05) is 12.1 Å². The molecule has 1 atom stereocenters. The summed E-state index contributed by atoms with van der Waals surface area (Å²) in [6.45, 7) is 6.55. The van der Waals surface area contributed by atoms with Gasteiger partial charge in [0.25, 0.3) is 11.8 Å². The number of hydrogen-bond acceptors (Lipinski definition) is 5. The van der Waals surface area contributed by atoms with E-state index >= 15 is 0 Å². The average Bonchev–Trinajstić information content (AvgIpc) is 3.00. The molecule has 1 saturated heterocycles. The number of amides is 2. The topological polar surface area (TPSA) is 61.9 Å². The number of halogens is 1. The average molecular weight is 428 g/mol. The van der Waals surface area contributed by atoms with Gasteiger partial charge in [0, 0.05) is 42.9 Å². The van der Waals surface area contributed by atoms with E-state index in [9.17, 15) is 9.59 Å². The molecule has 1 unspecified atom stereocenters. The Labute approximate surface area is 181 Å². The molecule has 4 rings (SSSR count). The molecule has 1 fully saturated rings. The molecule has 30 heavy (non-hydrogen) atoms. The van der Waals surface area contributed by atoms with Crippen LogP contribution in [0.2, 0.25) is 5.02 Å². The Hall–Kier alpha value is -2.41. The molecule has 7 heteroatoms. The number of anilines is 1. The van der Waals surface area contributed by atoms with Gasteiger partial charge < -0.3 is 10.1 Å². The maximum atomic E-state index is 12.5. The van der Waals surface area contributed by atoms with Crippen LogP contribution in [0.25, 0.3) is 0 Å². The Kier molecular flexibility index (Phi) is 6.37. The van der Waals surface area contributed by atoms with Crippen LogP contribution in [0.3, 0.4) is 0 Å². The van der Waals surface area contributed by atoms with E-state index in [0.717, 1.165) is 49.1 Å². The third kappa shape index (κ3) is 4.51. The standard InChI is InChI=1S/C23H26ClN3O3/c1-16(8-9-27-22(28)19-4-2-3-5-20(19)23(27)29)25-18-6-7-21(24)17(14-18)15-26-10-12-30-13-11-26/h2-7,14,16,25H,8-13,15H2,1H3. The van der Waals surface area contributed by atoms with Crippen LogP contribution >= 0.6 is 11.6 Å². The van der Waals surface area contributed by atoms with Crippen LogP contribution < -0.4 is 5.32 Å². The summed E-state index contributed by atoms with van der Waals surface area (Å²) in [4.78, 5) is 28.7. The van der Waals surface area contributed by atoms with Gasteiger partial charge in [-0.15, -0.1) is 0 Å². The van der Waals surface area contributed by atoms with Crippen molar-refractivity contribution >= 4 is 29.1 Å². The van der Waals surface area contributed by atoms with Gasteiger partial charge in [-0.1, -0.05) is 23.7 Å². The van der Waals surface area contributed by atoms with Crippen LogP contribution in [0.15, 0.2) is 42.5 Å². The molecule has 2 amide bonds. The van der Waals surface area contributed by atoms with E-state index in [1.165, 1.54) is 4.90 Å². The summed E-state index contributed by atoms with van der Waals surface area (Å²) in [5.74, 6) is -0.413. The minimum atomic E-state index is -0.206. The normalized spacial score (nSPS) is 17.9. The monoisotopic (exact) mass is 427 g/mol. The Bertz CT molecular complexity index is 908. The third-order valence-electron chi connectivity index (χ3n) is 5.62. The molecule has 2 heterocycles. The number of morpholine rings is 1. The SMILES string of the molecule is CC(CCN1C(=O)c2ccccc2C1=O)Nc1ccc(Cl)c(CN2CCOCC2)c1. The van der Waals surface area contributed by atoms with Crippen LogP contribution in [0.5, 0.6) is 0 Å². The smallest absolute Gasteiger partial charge is 0.261 e. The molecule has 0 radical (unpaired) electrons. The first-order chi connectivity index (χ1) is 14.5. The molecule has 6 nitrogen and oxygen atoms in total. The van der Waals surface area contributed by atoms with Crippen LogP contribution in [-0.4, -0.2) is 60.5 Å². The van der Waals surface area contributed by atoms with Crippen molar-refractivity contribution in [2.24, 2.45) is 0 Å². The summed E-state index contributed by atoms with van der Waals surface area (Å²) in [6.07, 6.45) is 0.660. The molecule has 2 aliphatic heterocycles. The molecule has 1 N–H and O–H groups in total. The zero-order valence-electron chi connectivity index (χ0n) is 17.1. The van der Waals surface area contributed by atoms with E-state index in [4.69, 9.17) is 16.3 Å². The summed E-state index contributed by atoms with van der Waals surface area (Å²) < 4.78 is 5.41. The molecular weight excluding hydrogens is 402 g/mol. The minimum Gasteiger partial charge on any atom is -0.383 e. The second kappa shape index (κ2) is 9.16. The molecule has 0 spiro atoms. The number of fused-ring (bicyclic) bond motifs is 1. The molecule has 2 aromatic carbocycles. The lowest BCUT2D eigenvalue weighted by molar-refractivity contribution is 0.0342. The lowest BCUT2D eigenvalue weighted by Gasteiger charge is -2.27. The quantitative estimate of drug-likeness (QED) is 0.683. The fourth-order valence-corrected chi connectivity index (χ4v) is 4.08. The van der Waals surface area contributed by atoms with E-state index < -0.39 is 0 Å². The van der Waals surface area contributed by atoms with Crippen LogP contribution in [-0.2, 0) is 11.3 Å². The fraction of sp³-hybridized carbons (Fsp3) is 0.391. The first kappa shape index (κ1) is 20.8. The van der Waals surface area contributed by atoms with Crippen molar-refractivity contribution < 1.29 is 14.3 Å². The number of nitrogens with one attached hydrogen (secondary N) is 1. The van der Waals surface area contributed by atoms with Crippen LogP contribution in [0, 0.1) is 0 Å². The Balaban J connectivity index is 1.34. The molecule has 0 aromatic heterocycles. The number of hydrogen-bond donors (Lipinski definition) is 1. The van der Waals surface area contributed by atoms with Crippen molar-refractivity contribution in [2.45, 2.75) is 25.9 Å². The zero-order valence-corrected chi connectivity index (χ0v) is 17.8. The molecule has 0 aliphatic carbocycles. The highest BCUT2D eigenvalue weighted by molar-refractivity contribution is 6.31. The highest BCUT2D eigenvalue weighted by Gasteiger charge is 2.34. The number of ether oxygens (including phenoxy) is 1. The number of carbonyl (C=O) groups excluding carboxylic acids is 2. The van der Waals surface area contributed by atoms with Crippen molar-refractivity contribution in [3.8, 4) is 0 Å². The summed E-state index contributed by atoms with van der Waals surface area (Å²) in [5, 5.41) is 4.23. The Morgan fingerprint density at radius 2 is 1.73 bits per heavy atom. The van der Waals surface area contributed by atoms with Gasteiger partial charge in [0.05, 0.1) is 24.3 Å². The van der Waals surface area contributed by atoms with Gasteiger partial charge in [-0.05, 0) is 49.2 Å². The number of carbonyl (C=O) groups is 2. The van der Waals surface area contributed by atoms with Gasteiger partial charge in [0.2, 0.25) is 0 Å². The first-order valence-corrected chi connectivity index (χ1v) is 10.7. The van der Waals surface area contributed by atoms with Gasteiger partial charge in [-0.3, -0.25) is 19.4 Å². The summed E-state index contributed by atoms with van der Waals surface area (Å²) >= 11 is 6.41. The van der Waals surface area contributed by atoms with Crippen molar-refractivity contribution in [3.63, 3.8) is 0 Å². The van der Waals surface area contributed by atoms with Gasteiger partial charge in [-0.25, -0.2) is 0 Å². The van der Waals surface area contributed by atoms with Crippen molar-refractivity contribution in [1.82, 2.24) is 9.80 Å². The maximum Gasteiger partial charge on any atom is 0.261 e. The second-order valence-electron chi connectivity index (χ2n) is 7.84. The molecule has 0 bridgehead atoms. The van der Waals surface area contributed by atoms with Gasteiger partial charge in [0.1, 0.15) is 0 Å². The molecule has 2 aromatic rings. The van der Waals surface area contributed by atoms with Crippen LogP contribution in [0.4, 0.5) is 5.69 Å². The van der Waals surface area contributed by atoms with E-state index in [1.54, 1.807) is 24.3 Å². The van der Waals surface area contributed by atoms with E-state index in [2.05, 4.69) is 23.2 Å². The predicted octanol–water partition coefficient (Wildman–Crippen LogP) is 3.66. The fourth-order valence-electron chi connectivity index (χ4n) is 3.91. The predicted molar refractivity (Wildman–Crippen MR) is 117 cm³/mol.